The van der Waals surface area contributed by atoms with Crippen molar-refractivity contribution < 1.29 is 14.0 Å². The van der Waals surface area contributed by atoms with Crippen LogP contribution < -0.4 is 10.2 Å². The van der Waals surface area contributed by atoms with E-state index in [1.165, 1.54) is 22.7 Å². The highest BCUT2D eigenvalue weighted by molar-refractivity contribution is 9.10. The van der Waals surface area contributed by atoms with Gasteiger partial charge in [0.1, 0.15) is 11.2 Å². The number of thioether (sulfide) groups is 1. The lowest BCUT2D eigenvalue weighted by Gasteiger charge is -2.25. The molecule has 7 heteroatoms. The highest BCUT2D eigenvalue weighted by Crippen LogP contribution is 2.43. The Kier molecular flexibility index (Phi) is 5.69. The number of hydrogen-bond acceptors (Lipinski definition) is 3. The van der Waals surface area contributed by atoms with E-state index < -0.39 is 5.82 Å². The standard InChI is InChI=1S/C22H16BrFN2O2S/c23-17-9-2-1-8-16(17)21(28)25-15-7-5-6-14(12-15)22-26(20(27)13-29-22)19-11-4-3-10-18(19)24/h1-12,22H,13H2,(H,25,28). The van der Waals surface area contributed by atoms with Gasteiger partial charge in [0.05, 0.1) is 17.0 Å². The maximum atomic E-state index is 14.3. The second-order valence-electron chi connectivity index (χ2n) is 6.44. The first kappa shape index (κ1) is 19.7. The molecule has 1 atom stereocenters. The number of amides is 2. The Morgan fingerprint density at radius 1 is 1.07 bits per heavy atom. The predicted octanol–water partition coefficient (Wildman–Crippen LogP) is 5.62. The van der Waals surface area contributed by atoms with Crippen LogP contribution in [0, 0.1) is 5.82 Å². The van der Waals surface area contributed by atoms with Crippen molar-refractivity contribution in [1.29, 1.82) is 0 Å². The van der Waals surface area contributed by atoms with Crippen LogP contribution in [0.3, 0.4) is 0 Å². The van der Waals surface area contributed by atoms with Gasteiger partial charge in [-0.15, -0.1) is 11.8 Å². The Balaban J connectivity index is 1.61. The smallest absolute Gasteiger partial charge is 0.256 e. The number of carbonyl (C=O) groups is 2. The third kappa shape index (κ3) is 4.06. The Morgan fingerprint density at radius 2 is 1.83 bits per heavy atom. The van der Waals surface area contributed by atoms with Crippen molar-refractivity contribution in [2.45, 2.75) is 5.37 Å². The summed E-state index contributed by atoms with van der Waals surface area (Å²) in [5.41, 5.74) is 2.21. The summed E-state index contributed by atoms with van der Waals surface area (Å²) in [6.07, 6.45) is 0. The lowest BCUT2D eigenvalue weighted by atomic mass is 10.1. The number of rotatable bonds is 4. The molecule has 0 bridgehead atoms. The third-order valence-electron chi connectivity index (χ3n) is 4.53. The zero-order chi connectivity index (χ0) is 20.4. The average Bonchev–Trinajstić information content (AvgIpc) is 3.10. The molecule has 1 saturated heterocycles. The van der Waals surface area contributed by atoms with Gasteiger partial charge in [0.2, 0.25) is 5.91 Å². The van der Waals surface area contributed by atoms with Gasteiger partial charge >= 0.3 is 0 Å². The number of carbonyl (C=O) groups excluding carboxylic acids is 2. The molecule has 0 spiro atoms. The van der Waals surface area contributed by atoms with Crippen LogP contribution in [0.1, 0.15) is 21.3 Å². The number of anilines is 2. The van der Waals surface area contributed by atoms with E-state index in [2.05, 4.69) is 21.2 Å². The fourth-order valence-corrected chi connectivity index (χ4v) is 4.82. The summed E-state index contributed by atoms with van der Waals surface area (Å²) in [7, 11) is 0. The largest absolute Gasteiger partial charge is 0.322 e. The number of nitrogens with zero attached hydrogens (tertiary/aromatic N) is 1. The summed E-state index contributed by atoms with van der Waals surface area (Å²) in [6.45, 7) is 0. The maximum Gasteiger partial charge on any atom is 0.256 e. The van der Waals surface area contributed by atoms with Crippen molar-refractivity contribution in [3.8, 4) is 0 Å². The molecule has 0 saturated carbocycles. The normalized spacial score (nSPS) is 16.1. The Morgan fingerprint density at radius 3 is 2.62 bits per heavy atom. The Labute approximate surface area is 180 Å². The lowest BCUT2D eigenvalue weighted by molar-refractivity contribution is -0.115. The number of nitrogens with one attached hydrogen (secondary N) is 1. The molecule has 0 aliphatic carbocycles. The van der Waals surface area contributed by atoms with Gasteiger partial charge < -0.3 is 5.32 Å². The first-order chi connectivity index (χ1) is 14.0. The van der Waals surface area contributed by atoms with Crippen molar-refractivity contribution in [3.05, 3.63) is 94.2 Å². The molecule has 0 aromatic heterocycles. The predicted molar refractivity (Wildman–Crippen MR) is 118 cm³/mol. The maximum absolute atomic E-state index is 14.3. The van der Waals surface area contributed by atoms with Gasteiger partial charge in [-0.2, -0.15) is 0 Å². The summed E-state index contributed by atoms with van der Waals surface area (Å²) in [5.74, 6) is -0.553. The number of para-hydroxylation sites is 1. The summed E-state index contributed by atoms with van der Waals surface area (Å²) >= 11 is 4.81. The summed E-state index contributed by atoms with van der Waals surface area (Å²) in [4.78, 5) is 26.5. The first-order valence-corrected chi connectivity index (χ1v) is 10.7. The molecule has 1 aliphatic rings. The van der Waals surface area contributed by atoms with Gasteiger partial charge in [-0.3, -0.25) is 14.5 Å². The Hall–Kier alpha value is -2.64. The number of hydrogen-bond donors (Lipinski definition) is 1. The van der Waals surface area contributed by atoms with Crippen LogP contribution in [0.4, 0.5) is 15.8 Å². The van der Waals surface area contributed by atoms with Crippen molar-refractivity contribution in [1.82, 2.24) is 0 Å². The zero-order valence-corrected chi connectivity index (χ0v) is 17.5. The fraction of sp³-hybridized carbons (Fsp3) is 0.0909. The van der Waals surface area contributed by atoms with Crippen molar-refractivity contribution >= 4 is 50.9 Å². The van der Waals surface area contributed by atoms with Crippen LogP contribution in [-0.4, -0.2) is 17.6 Å². The summed E-state index contributed by atoms with van der Waals surface area (Å²) in [5, 5.41) is 2.52. The molecular formula is C22H16BrFN2O2S. The molecule has 1 unspecified atom stereocenters. The molecule has 2 amide bonds. The Bertz CT molecular complexity index is 1090. The second-order valence-corrected chi connectivity index (χ2v) is 8.36. The topological polar surface area (TPSA) is 49.4 Å². The first-order valence-electron chi connectivity index (χ1n) is 8.88. The van der Waals surface area contributed by atoms with Crippen LogP contribution in [0.25, 0.3) is 0 Å². The van der Waals surface area contributed by atoms with Crippen LogP contribution in [0.2, 0.25) is 0 Å². The molecule has 1 aliphatic heterocycles. The van der Waals surface area contributed by atoms with Crippen molar-refractivity contribution in [2.75, 3.05) is 16.0 Å². The molecule has 146 valence electrons. The van der Waals surface area contributed by atoms with Crippen LogP contribution in [0.5, 0.6) is 0 Å². The minimum absolute atomic E-state index is 0.146. The van der Waals surface area contributed by atoms with Crippen LogP contribution in [0.15, 0.2) is 77.3 Å². The lowest BCUT2D eigenvalue weighted by Crippen LogP contribution is -2.28. The number of benzene rings is 3. The van der Waals surface area contributed by atoms with E-state index in [1.807, 2.05) is 24.3 Å². The second kappa shape index (κ2) is 8.39. The van der Waals surface area contributed by atoms with E-state index in [0.717, 1.165) is 5.56 Å². The van der Waals surface area contributed by atoms with Gasteiger partial charge in [0.25, 0.3) is 5.91 Å². The van der Waals surface area contributed by atoms with E-state index >= 15 is 0 Å². The van der Waals surface area contributed by atoms with E-state index in [9.17, 15) is 14.0 Å². The van der Waals surface area contributed by atoms with E-state index in [0.29, 0.717) is 15.7 Å². The summed E-state index contributed by atoms with van der Waals surface area (Å²) < 4.78 is 15.0. The zero-order valence-electron chi connectivity index (χ0n) is 15.1. The number of halogens is 2. The van der Waals surface area contributed by atoms with Gasteiger partial charge in [-0.05, 0) is 57.9 Å². The van der Waals surface area contributed by atoms with Crippen LogP contribution in [-0.2, 0) is 4.79 Å². The van der Waals surface area contributed by atoms with Gasteiger partial charge in [-0.25, -0.2) is 4.39 Å². The fourth-order valence-electron chi connectivity index (χ4n) is 3.19. The quantitative estimate of drug-likeness (QED) is 0.538. The SMILES string of the molecule is O=C(Nc1cccc(C2SCC(=O)N2c2ccccc2F)c1)c1ccccc1Br. The molecule has 1 fully saturated rings. The van der Waals surface area contributed by atoms with Crippen molar-refractivity contribution in [3.63, 3.8) is 0 Å². The highest BCUT2D eigenvalue weighted by atomic mass is 79.9. The van der Waals surface area contributed by atoms with E-state index in [1.54, 1.807) is 42.5 Å². The van der Waals surface area contributed by atoms with E-state index in [-0.39, 0.29) is 28.6 Å². The van der Waals surface area contributed by atoms with Gasteiger partial charge in [0.15, 0.2) is 0 Å². The van der Waals surface area contributed by atoms with E-state index in [4.69, 9.17) is 0 Å². The third-order valence-corrected chi connectivity index (χ3v) is 6.43. The average molecular weight is 471 g/mol. The van der Waals surface area contributed by atoms with Crippen LogP contribution >= 0.6 is 27.7 Å². The molecule has 1 N–H and O–H groups in total. The molecule has 3 aromatic carbocycles. The molecule has 29 heavy (non-hydrogen) atoms. The molecule has 1 heterocycles. The molecular weight excluding hydrogens is 455 g/mol. The molecule has 3 aromatic rings. The summed E-state index contributed by atoms with van der Waals surface area (Å²) in [6, 6.07) is 20.7. The molecule has 4 rings (SSSR count). The minimum atomic E-state index is -0.438. The highest BCUT2D eigenvalue weighted by Gasteiger charge is 2.35. The molecule has 4 nitrogen and oxygen atoms in total. The molecule has 0 radical (unpaired) electrons. The van der Waals surface area contributed by atoms with Gasteiger partial charge in [-0.1, -0.05) is 36.4 Å². The minimum Gasteiger partial charge on any atom is -0.322 e. The monoisotopic (exact) mass is 470 g/mol. The van der Waals surface area contributed by atoms with Gasteiger partial charge in [0, 0.05) is 10.2 Å². The van der Waals surface area contributed by atoms with Crippen molar-refractivity contribution in [2.24, 2.45) is 0 Å².